The lowest BCUT2D eigenvalue weighted by Crippen LogP contribution is -2.23. The number of imidazole rings is 1. The number of methoxy groups -OCH3 is 1. The van der Waals surface area contributed by atoms with E-state index in [0.717, 1.165) is 11.0 Å². The average Bonchev–Trinajstić information content (AvgIpc) is 3.11. The molecule has 2 aromatic carbocycles. The van der Waals surface area contributed by atoms with E-state index in [1.807, 2.05) is 24.3 Å². The highest BCUT2D eigenvalue weighted by atomic mass is 16.5. The standard InChI is InChI=1S/C18H16N4O3/c1-25-12-8-6-11(7-9-12)19-16(23)10-15-17(24)21-18-20-13-4-2-3-5-14(13)22(15)18/h2-9,15H,10H2,1H3,(H,19,23)(H,20,21,24). The number of para-hydroxylation sites is 2. The molecule has 7 heteroatoms. The van der Waals surface area contributed by atoms with Crippen LogP contribution in [0.4, 0.5) is 11.6 Å². The molecule has 0 saturated carbocycles. The molecule has 3 aromatic rings. The molecule has 0 aliphatic carbocycles. The van der Waals surface area contributed by atoms with Crippen molar-refractivity contribution in [2.75, 3.05) is 17.7 Å². The number of anilines is 2. The second-order valence-electron chi connectivity index (χ2n) is 5.78. The van der Waals surface area contributed by atoms with Crippen LogP contribution in [-0.4, -0.2) is 28.5 Å². The van der Waals surface area contributed by atoms with Gasteiger partial charge >= 0.3 is 0 Å². The predicted octanol–water partition coefficient (Wildman–Crippen LogP) is 2.57. The first-order chi connectivity index (χ1) is 12.2. The zero-order valence-corrected chi connectivity index (χ0v) is 13.5. The van der Waals surface area contributed by atoms with Crippen molar-refractivity contribution in [3.05, 3.63) is 48.5 Å². The van der Waals surface area contributed by atoms with Crippen molar-refractivity contribution in [2.45, 2.75) is 12.5 Å². The van der Waals surface area contributed by atoms with Crippen LogP contribution in [0.25, 0.3) is 11.0 Å². The Labute approximate surface area is 143 Å². The van der Waals surface area contributed by atoms with E-state index in [4.69, 9.17) is 4.74 Å². The summed E-state index contributed by atoms with van der Waals surface area (Å²) in [6, 6.07) is 14.0. The lowest BCUT2D eigenvalue weighted by molar-refractivity contribution is -0.123. The predicted molar refractivity (Wildman–Crippen MR) is 93.6 cm³/mol. The van der Waals surface area contributed by atoms with Gasteiger partial charge in [-0.2, -0.15) is 0 Å². The van der Waals surface area contributed by atoms with Crippen LogP contribution in [0, 0.1) is 0 Å². The highest BCUT2D eigenvalue weighted by Gasteiger charge is 2.34. The van der Waals surface area contributed by atoms with Crippen molar-refractivity contribution in [2.24, 2.45) is 0 Å². The third kappa shape index (κ3) is 2.69. The van der Waals surface area contributed by atoms with Gasteiger partial charge in [0.2, 0.25) is 17.8 Å². The number of carbonyl (C=O) groups is 2. The first-order valence-electron chi connectivity index (χ1n) is 7.87. The Morgan fingerprint density at radius 1 is 1.24 bits per heavy atom. The summed E-state index contributed by atoms with van der Waals surface area (Å²) in [5, 5.41) is 5.54. The number of carbonyl (C=O) groups excluding carboxylic acids is 2. The number of benzene rings is 2. The molecule has 2 heterocycles. The number of nitrogens with one attached hydrogen (secondary N) is 2. The molecular formula is C18H16N4O3. The summed E-state index contributed by atoms with van der Waals surface area (Å²) >= 11 is 0. The number of hydrogen-bond donors (Lipinski definition) is 2. The van der Waals surface area contributed by atoms with E-state index in [1.165, 1.54) is 0 Å². The molecule has 0 saturated heterocycles. The van der Waals surface area contributed by atoms with Crippen molar-refractivity contribution in [3.63, 3.8) is 0 Å². The summed E-state index contributed by atoms with van der Waals surface area (Å²) < 4.78 is 6.87. The number of ether oxygens (including phenoxy) is 1. The molecule has 126 valence electrons. The van der Waals surface area contributed by atoms with Crippen LogP contribution in [-0.2, 0) is 9.59 Å². The minimum absolute atomic E-state index is 0.0330. The van der Waals surface area contributed by atoms with Crippen LogP contribution < -0.4 is 15.4 Å². The van der Waals surface area contributed by atoms with Gasteiger partial charge in [0.05, 0.1) is 24.6 Å². The highest BCUT2D eigenvalue weighted by molar-refractivity contribution is 6.03. The Balaban J connectivity index is 1.54. The largest absolute Gasteiger partial charge is 0.497 e. The first-order valence-corrected chi connectivity index (χ1v) is 7.87. The Bertz CT molecular complexity index is 962. The van der Waals surface area contributed by atoms with Crippen LogP contribution in [0.5, 0.6) is 5.75 Å². The monoisotopic (exact) mass is 336 g/mol. The van der Waals surface area contributed by atoms with Crippen LogP contribution in [0.15, 0.2) is 48.5 Å². The summed E-state index contributed by atoms with van der Waals surface area (Å²) in [5.74, 6) is 0.727. The van der Waals surface area contributed by atoms with Gasteiger partial charge in [0, 0.05) is 5.69 Å². The summed E-state index contributed by atoms with van der Waals surface area (Å²) in [7, 11) is 1.58. The second-order valence-corrected chi connectivity index (χ2v) is 5.78. The van der Waals surface area contributed by atoms with Gasteiger partial charge in [-0.1, -0.05) is 12.1 Å². The fourth-order valence-corrected chi connectivity index (χ4v) is 3.00. The van der Waals surface area contributed by atoms with E-state index in [1.54, 1.807) is 35.9 Å². The van der Waals surface area contributed by atoms with E-state index < -0.39 is 6.04 Å². The number of aromatic nitrogens is 2. The van der Waals surface area contributed by atoms with Gasteiger partial charge in [-0.3, -0.25) is 19.5 Å². The van der Waals surface area contributed by atoms with E-state index >= 15 is 0 Å². The molecule has 1 atom stereocenters. The molecule has 7 nitrogen and oxygen atoms in total. The molecule has 1 aromatic heterocycles. The third-order valence-corrected chi connectivity index (χ3v) is 4.20. The normalized spacial score (nSPS) is 15.7. The molecule has 1 aliphatic rings. The van der Waals surface area contributed by atoms with Crippen LogP contribution in [0.1, 0.15) is 12.5 Å². The van der Waals surface area contributed by atoms with Crippen molar-refractivity contribution < 1.29 is 14.3 Å². The minimum Gasteiger partial charge on any atom is -0.497 e. The molecule has 0 fully saturated rings. The minimum atomic E-state index is -0.611. The van der Waals surface area contributed by atoms with Crippen molar-refractivity contribution in [3.8, 4) is 5.75 Å². The summed E-state index contributed by atoms with van der Waals surface area (Å²) in [5.41, 5.74) is 2.27. The topological polar surface area (TPSA) is 85.2 Å². The molecule has 4 rings (SSSR count). The molecule has 1 unspecified atom stereocenters. The van der Waals surface area contributed by atoms with Crippen LogP contribution in [0.3, 0.4) is 0 Å². The van der Waals surface area contributed by atoms with Gasteiger partial charge in [-0.15, -0.1) is 0 Å². The lowest BCUT2D eigenvalue weighted by Gasteiger charge is -2.12. The van der Waals surface area contributed by atoms with E-state index in [0.29, 0.717) is 17.4 Å². The highest BCUT2D eigenvalue weighted by Crippen LogP contribution is 2.32. The smallest absolute Gasteiger partial charge is 0.250 e. The molecule has 1 aliphatic heterocycles. The van der Waals surface area contributed by atoms with Gasteiger partial charge in [0.15, 0.2) is 0 Å². The maximum absolute atomic E-state index is 12.4. The fourth-order valence-electron chi connectivity index (χ4n) is 3.00. The Morgan fingerprint density at radius 2 is 2.00 bits per heavy atom. The molecule has 0 radical (unpaired) electrons. The third-order valence-electron chi connectivity index (χ3n) is 4.20. The Kier molecular flexibility index (Phi) is 3.61. The number of amides is 2. The van der Waals surface area contributed by atoms with Gasteiger partial charge in [0.25, 0.3) is 0 Å². The number of fused-ring (bicyclic) bond motifs is 3. The van der Waals surface area contributed by atoms with Gasteiger partial charge in [-0.25, -0.2) is 4.98 Å². The molecule has 0 bridgehead atoms. The van der Waals surface area contributed by atoms with E-state index in [9.17, 15) is 9.59 Å². The Hall–Kier alpha value is -3.35. The number of rotatable bonds is 4. The average molecular weight is 336 g/mol. The van der Waals surface area contributed by atoms with E-state index in [-0.39, 0.29) is 18.2 Å². The molecule has 2 amide bonds. The summed E-state index contributed by atoms with van der Waals surface area (Å²) in [6.45, 7) is 0. The number of hydrogen-bond acceptors (Lipinski definition) is 4. The van der Waals surface area contributed by atoms with Crippen molar-refractivity contribution in [1.82, 2.24) is 9.55 Å². The number of nitrogens with zero attached hydrogens (tertiary/aromatic N) is 2. The molecule has 0 spiro atoms. The van der Waals surface area contributed by atoms with Crippen LogP contribution in [0.2, 0.25) is 0 Å². The van der Waals surface area contributed by atoms with Gasteiger partial charge < -0.3 is 10.1 Å². The molecule has 25 heavy (non-hydrogen) atoms. The fraction of sp³-hybridized carbons (Fsp3) is 0.167. The van der Waals surface area contributed by atoms with Crippen molar-refractivity contribution >= 4 is 34.5 Å². The quantitative estimate of drug-likeness (QED) is 0.767. The second kappa shape index (κ2) is 5.94. The molecular weight excluding hydrogens is 320 g/mol. The van der Waals surface area contributed by atoms with Crippen molar-refractivity contribution in [1.29, 1.82) is 0 Å². The van der Waals surface area contributed by atoms with Gasteiger partial charge in [0.1, 0.15) is 11.8 Å². The first kappa shape index (κ1) is 15.2. The SMILES string of the molecule is COc1ccc(NC(=O)CC2C(=O)Nc3nc4ccccc4n32)cc1. The molecule has 2 N–H and O–H groups in total. The van der Waals surface area contributed by atoms with Gasteiger partial charge in [-0.05, 0) is 36.4 Å². The van der Waals surface area contributed by atoms with Crippen LogP contribution >= 0.6 is 0 Å². The maximum atomic E-state index is 12.4. The van der Waals surface area contributed by atoms with E-state index in [2.05, 4.69) is 15.6 Å². The zero-order chi connectivity index (χ0) is 17.4. The summed E-state index contributed by atoms with van der Waals surface area (Å²) in [6.07, 6.45) is 0.0330. The maximum Gasteiger partial charge on any atom is 0.250 e. The Morgan fingerprint density at radius 3 is 2.76 bits per heavy atom. The lowest BCUT2D eigenvalue weighted by atomic mass is 10.1. The summed E-state index contributed by atoms with van der Waals surface area (Å²) in [4.78, 5) is 29.0. The zero-order valence-electron chi connectivity index (χ0n) is 13.5.